The first-order valence-corrected chi connectivity index (χ1v) is 14.2. The van der Waals surface area contributed by atoms with Crippen LogP contribution in [0.25, 0.3) is 16.9 Å². The molecule has 0 atom stereocenters. The molecule has 198 valence electrons. The highest BCUT2D eigenvalue weighted by atomic mass is 32.2. The van der Waals surface area contributed by atoms with Crippen molar-refractivity contribution in [2.75, 3.05) is 46.2 Å². The largest absolute Gasteiger partial charge is 0.493 e. The van der Waals surface area contributed by atoms with Gasteiger partial charge in [0.25, 0.3) is 5.91 Å². The molecule has 0 saturated carbocycles. The van der Waals surface area contributed by atoms with Gasteiger partial charge in [-0.05, 0) is 37.1 Å². The smallest absolute Gasteiger partial charge is 0.255 e. The minimum Gasteiger partial charge on any atom is -0.493 e. The molecule has 1 saturated heterocycles. The normalized spacial score (nSPS) is 14.5. The fraction of sp³-hybridized carbons (Fsp3) is 0.393. The SMILES string of the molecule is CCCCS(=O)(=O)N1CCN(C(=O)c2cc(-c3ccccc3)n(-c3ccc(OC)c(OC)c3)c2C)CC1. The topological polar surface area (TPSA) is 81.1 Å². The quantitative estimate of drug-likeness (QED) is 0.415. The van der Waals surface area contributed by atoms with Crippen molar-refractivity contribution < 1.29 is 22.7 Å². The number of hydrogen-bond acceptors (Lipinski definition) is 5. The van der Waals surface area contributed by atoms with Gasteiger partial charge in [-0.1, -0.05) is 43.7 Å². The molecule has 1 aromatic heterocycles. The maximum Gasteiger partial charge on any atom is 0.255 e. The number of hydrogen-bond donors (Lipinski definition) is 0. The highest BCUT2D eigenvalue weighted by molar-refractivity contribution is 7.89. The molecule has 1 aliphatic rings. The van der Waals surface area contributed by atoms with Crippen LogP contribution in [0.2, 0.25) is 0 Å². The number of aromatic nitrogens is 1. The van der Waals surface area contributed by atoms with E-state index in [0.29, 0.717) is 49.7 Å². The summed E-state index contributed by atoms with van der Waals surface area (Å²) in [5.74, 6) is 1.28. The summed E-state index contributed by atoms with van der Waals surface area (Å²) in [7, 11) is -0.0922. The number of methoxy groups -OCH3 is 2. The maximum atomic E-state index is 13.7. The first-order valence-electron chi connectivity index (χ1n) is 12.6. The summed E-state index contributed by atoms with van der Waals surface area (Å²) in [6, 6.07) is 17.5. The lowest BCUT2D eigenvalue weighted by Crippen LogP contribution is -2.51. The van der Waals surface area contributed by atoms with Crippen molar-refractivity contribution in [2.24, 2.45) is 0 Å². The van der Waals surface area contributed by atoms with Crippen LogP contribution >= 0.6 is 0 Å². The zero-order valence-corrected chi connectivity index (χ0v) is 22.8. The minimum absolute atomic E-state index is 0.0977. The van der Waals surface area contributed by atoms with Gasteiger partial charge in [0.05, 0.1) is 31.2 Å². The summed E-state index contributed by atoms with van der Waals surface area (Å²) in [6.07, 6.45) is 1.48. The molecule has 0 radical (unpaired) electrons. The monoisotopic (exact) mass is 525 g/mol. The van der Waals surface area contributed by atoms with Gasteiger partial charge in [0, 0.05) is 43.6 Å². The third-order valence-corrected chi connectivity index (χ3v) is 8.80. The molecule has 8 nitrogen and oxygen atoms in total. The fourth-order valence-corrected chi connectivity index (χ4v) is 6.37. The lowest BCUT2D eigenvalue weighted by atomic mass is 10.1. The Kier molecular flexibility index (Phi) is 8.24. The van der Waals surface area contributed by atoms with Crippen molar-refractivity contribution >= 4 is 15.9 Å². The lowest BCUT2D eigenvalue weighted by Gasteiger charge is -2.34. The van der Waals surface area contributed by atoms with Crippen LogP contribution in [0.3, 0.4) is 0 Å². The van der Waals surface area contributed by atoms with Gasteiger partial charge in [-0.25, -0.2) is 8.42 Å². The van der Waals surface area contributed by atoms with Crippen LogP contribution in [0, 0.1) is 6.92 Å². The van der Waals surface area contributed by atoms with E-state index in [1.807, 2.05) is 68.4 Å². The van der Waals surface area contributed by atoms with E-state index in [4.69, 9.17) is 9.47 Å². The second kappa shape index (κ2) is 11.4. The van der Waals surface area contributed by atoms with Gasteiger partial charge >= 0.3 is 0 Å². The number of carbonyl (C=O) groups is 1. The molecule has 0 unspecified atom stereocenters. The van der Waals surface area contributed by atoms with Crippen LogP contribution < -0.4 is 9.47 Å². The van der Waals surface area contributed by atoms with Gasteiger partial charge in [-0.15, -0.1) is 0 Å². The van der Waals surface area contributed by atoms with Crippen molar-refractivity contribution in [3.05, 3.63) is 65.9 Å². The second-order valence-corrected chi connectivity index (χ2v) is 11.2. The Morgan fingerprint density at radius 1 is 0.919 bits per heavy atom. The molecule has 2 aromatic carbocycles. The Morgan fingerprint density at radius 3 is 2.22 bits per heavy atom. The van der Waals surface area contributed by atoms with Crippen molar-refractivity contribution in [3.8, 4) is 28.4 Å². The number of carbonyl (C=O) groups excluding carboxylic acids is 1. The first-order chi connectivity index (χ1) is 17.8. The number of amides is 1. The summed E-state index contributed by atoms with van der Waals surface area (Å²) in [4.78, 5) is 15.5. The number of unbranched alkanes of at least 4 members (excludes halogenated alkanes) is 1. The molecular formula is C28H35N3O5S. The summed E-state index contributed by atoms with van der Waals surface area (Å²) < 4.78 is 39.7. The van der Waals surface area contributed by atoms with Crippen molar-refractivity contribution in [2.45, 2.75) is 26.7 Å². The minimum atomic E-state index is -3.29. The standard InChI is InChI=1S/C28H35N3O5S/c1-5-6-18-37(33,34)30-16-14-29(15-17-30)28(32)24-20-25(22-10-8-7-9-11-22)31(21(24)2)23-12-13-26(35-3)27(19-23)36-4/h7-13,19-20H,5-6,14-18H2,1-4H3. The van der Waals surface area contributed by atoms with E-state index >= 15 is 0 Å². The van der Waals surface area contributed by atoms with Gasteiger partial charge in [-0.2, -0.15) is 4.31 Å². The van der Waals surface area contributed by atoms with E-state index in [9.17, 15) is 13.2 Å². The Hall–Kier alpha value is -3.30. The number of piperazine rings is 1. The summed E-state index contributed by atoms with van der Waals surface area (Å²) >= 11 is 0. The summed E-state index contributed by atoms with van der Waals surface area (Å²) in [5, 5.41) is 0. The molecule has 1 fully saturated rings. The zero-order valence-electron chi connectivity index (χ0n) is 21.9. The van der Waals surface area contributed by atoms with E-state index in [1.54, 1.807) is 19.1 Å². The number of nitrogens with zero attached hydrogens (tertiary/aromatic N) is 3. The number of ether oxygens (including phenoxy) is 2. The molecule has 2 heterocycles. The van der Waals surface area contributed by atoms with Crippen LogP contribution in [0.15, 0.2) is 54.6 Å². The highest BCUT2D eigenvalue weighted by Gasteiger charge is 2.30. The molecule has 0 N–H and O–H groups in total. The molecule has 1 aliphatic heterocycles. The second-order valence-electron chi connectivity index (χ2n) is 9.13. The average Bonchev–Trinajstić information content (AvgIpc) is 3.28. The lowest BCUT2D eigenvalue weighted by molar-refractivity contribution is 0.0697. The zero-order chi connectivity index (χ0) is 26.6. The predicted molar refractivity (Wildman–Crippen MR) is 145 cm³/mol. The van der Waals surface area contributed by atoms with Crippen molar-refractivity contribution in [1.82, 2.24) is 13.8 Å². The molecule has 37 heavy (non-hydrogen) atoms. The molecular weight excluding hydrogens is 490 g/mol. The van der Waals surface area contributed by atoms with E-state index < -0.39 is 10.0 Å². The number of sulfonamides is 1. The Morgan fingerprint density at radius 2 is 1.59 bits per heavy atom. The molecule has 9 heteroatoms. The van der Waals surface area contributed by atoms with E-state index in [2.05, 4.69) is 4.57 Å². The predicted octanol–water partition coefficient (Wildman–Crippen LogP) is 4.36. The molecule has 3 aromatic rings. The fourth-order valence-electron chi connectivity index (χ4n) is 4.74. The number of benzene rings is 2. The van der Waals surface area contributed by atoms with E-state index in [1.165, 1.54) is 4.31 Å². The van der Waals surface area contributed by atoms with Crippen LogP contribution in [0.5, 0.6) is 11.5 Å². The average molecular weight is 526 g/mol. The van der Waals surface area contributed by atoms with Gasteiger partial charge < -0.3 is 18.9 Å². The van der Waals surface area contributed by atoms with Crippen molar-refractivity contribution in [3.63, 3.8) is 0 Å². The first kappa shape index (κ1) is 26.8. The highest BCUT2D eigenvalue weighted by Crippen LogP contribution is 2.35. The Balaban J connectivity index is 1.67. The molecule has 0 bridgehead atoms. The van der Waals surface area contributed by atoms with Gasteiger partial charge in [0.2, 0.25) is 10.0 Å². The van der Waals surface area contributed by atoms with Gasteiger partial charge in [0.1, 0.15) is 0 Å². The van der Waals surface area contributed by atoms with Crippen LogP contribution in [-0.4, -0.2) is 74.2 Å². The summed E-state index contributed by atoms with van der Waals surface area (Å²) in [5.41, 5.74) is 4.10. The maximum absolute atomic E-state index is 13.7. The van der Waals surface area contributed by atoms with Gasteiger partial charge in [-0.3, -0.25) is 4.79 Å². The Bertz CT molecular complexity index is 1340. The van der Waals surface area contributed by atoms with Crippen LogP contribution in [0.4, 0.5) is 0 Å². The molecule has 4 rings (SSSR count). The molecule has 0 aliphatic carbocycles. The van der Waals surface area contributed by atoms with E-state index in [0.717, 1.165) is 29.1 Å². The number of rotatable bonds is 9. The van der Waals surface area contributed by atoms with E-state index in [-0.39, 0.29) is 11.7 Å². The molecule has 0 spiro atoms. The third-order valence-electron chi connectivity index (χ3n) is 6.85. The van der Waals surface area contributed by atoms with Crippen LogP contribution in [0.1, 0.15) is 35.8 Å². The van der Waals surface area contributed by atoms with Crippen LogP contribution in [-0.2, 0) is 10.0 Å². The molecule has 1 amide bonds. The Labute approximate surface area is 219 Å². The third kappa shape index (κ3) is 5.52. The summed E-state index contributed by atoms with van der Waals surface area (Å²) in [6.45, 7) is 5.28. The van der Waals surface area contributed by atoms with Crippen molar-refractivity contribution in [1.29, 1.82) is 0 Å². The van der Waals surface area contributed by atoms with Gasteiger partial charge in [0.15, 0.2) is 11.5 Å².